The summed E-state index contributed by atoms with van der Waals surface area (Å²) in [4.78, 5) is 25.2. The van der Waals surface area contributed by atoms with Gasteiger partial charge in [-0.25, -0.2) is 0 Å². The van der Waals surface area contributed by atoms with Crippen molar-refractivity contribution in [3.8, 4) is 5.75 Å². The molecular weight excluding hydrogens is 306 g/mol. The molecule has 2 rings (SSSR count). The van der Waals surface area contributed by atoms with Crippen LogP contribution in [0.1, 0.15) is 24.0 Å². The third-order valence-corrected chi connectivity index (χ3v) is 4.44. The predicted molar refractivity (Wildman–Crippen MR) is 92.8 cm³/mol. The molecule has 6 heteroatoms. The fourth-order valence-electron chi connectivity index (χ4n) is 3.00. The second-order valence-electron chi connectivity index (χ2n) is 6.37. The number of ether oxygens (including phenoxy) is 1. The number of aryl methyl sites for hydroxylation is 2. The number of rotatable bonds is 7. The molecule has 6 nitrogen and oxygen atoms in total. The van der Waals surface area contributed by atoms with Crippen molar-refractivity contribution in [2.45, 2.75) is 26.7 Å². The highest BCUT2D eigenvalue weighted by atomic mass is 16.5. The molecule has 0 aromatic heterocycles. The highest BCUT2D eigenvalue weighted by Crippen LogP contribution is 2.21. The van der Waals surface area contributed by atoms with E-state index in [1.165, 1.54) is 0 Å². The van der Waals surface area contributed by atoms with Crippen molar-refractivity contribution in [3.63, 3.8) is 0 Å². The van der Waals surface area contributed by atoms with Crippen LogP contribution in [0, 0.1) is 19.8 Å². The Morgan fingerprint density at radius 3 is 2.46 bits per heavy atom. The molecule has 0 unspecified atom stereocenters. The number of likely N-dealkylation sites (tertiary alicyclic amines) is 1. The molecule has 0 aliphatic carbocycles. The third-order valence-electron chi connectivity index (χ3n) is 4.44. The van der Waals surface area contributed by atoms with Crippen LogP contribution in [0.3, 0.4) is 0 Å². The van der Waals surface area contributed by atoms with E-state index < -0.39 is 0 Å². The Bertz CT molecular complexity index is 561. The van der Waals surface area contributed by atoms with Gasteiger partial charge in [0.05, 0.1) is 13.1 Å². The molecule has 1 aliphatic rings. The Labute approximate surface area is 143 Å². The number of hydrogen-bond donors (Lipinski definition) is 2. The number of primary amides is 1. The molecule has 0 spiro atoms. The minimum Gasteiger partial charge on any atom is -0.491 e. The maximum atomic E-state index is 12.0. The van der Waals surface area contributed by atoms with Gasteiger partial charge in [0, 0.05) is 5.92 Å². The Morgan fingerprint density at radius 1 is 1.25 bits per heavy atom. The summed E-state index contributed by atoms with van der Waals surface area (Å²) in [5.74, 6) is 0.593. The zero-order chi connectivity index (χ0) is 17.5. The van der Waals surface area contributed by atoms with Crippen molar-refractivity contribution in [1.29, 1.82) is 0 Å². The molecule has 1 aliphatic heterocycles. The maximum absolute atomic E-state index is 12.0. The molecule has 1 saturated heterocycles. The minimum absolute atomic E-state index is 0.0161. The van der Waals surface area contributed by atoms with Crippen LogP contribution >= 0.6 is 0 Å². The molecule has 1 aromatic carbocycles. The molecule has 1 heterocycles. The summed E-state index contributed by atoms with van der Waals surface area (Å²) in [5, 5.41) is 2.88. The van der Waals surface area contributed by atoms with Crippen LogP contribution < -0.4 is 15.8 Å². The fraction of sp³-hybridized carbons (Fsp3) is 0.556. The van der Waals surface area contributed by atoms with E-state index in [0.717, 1.165) is 42.8 Å². The SMILES string of the molecule is Cc1cccc(C)c1OCCNC(=O)CN1CCC(C(N)=O)CC1. The number of hydrogen-bond acceptors (Lipinski definition) is 4. The van der Waals surface area contributed by atoms with Crippen LogP contribution in [0.15, 0.2) is 18.2 Å². The predicted octanol–water partition coefficient (Wildman–Crippen LogP) is 0.996. The summed E-state index contributed by atoms with van der Waals surface area (Å²) >= 11 is 0. The quantitative estimate of drug-likeness (QED) is 0.729. The third kappa shape index (κ3) is 5.23. The molecule has 3 N–H and O–H groups in total. The fourth-order valence-corrected chi connectivity index (χ4v) is 3.00. The lowest BCUT2D eigenvalue weighted by Gasteiger charge is -2.29. The number of benzene rings is 1. The van der Waals surface area contributed by atoms with E-state index in [9.17, 15) is 9.59 Å². The summed E-state index contributed by atoms with van der Waals surface area (Å²) in [6.07, 6.45) is 1.47. The van der Waals surface area contributed by atoms with E-state index in [2.05, 4.69) is 10.2 Å². The van der Waals surface area contributed by atoms with Gasteiger partial charge >= 0.3 is 0 Å². The molecule has 132 valence electrons. The first kappa shape index (κ1) is 18.3. The van der Waals surface area contributed by atoms with Crippen molar-refractivity contribution in [2.75, 3.05) is 32.8 Å². The van der Waals surface area contributed by atoms with Crippen molar-refractivity contribution in [1.82, 2.24) is 10.2 Å². The largest absolute Gasteiger partial charge is 0.491 e. The van der Waals surface area contributed by atoms with Crippen LogP contribution in [0.4, 0.5) is 0 Å². The number of amides is 2. The van der Waals surface area contributed by atoms with E-state index in [4.69, 9.17) is 10.5 Å². The number of nitrogens with zero attached hydrogens (tertiary/aromatic N) is 1. The van der Waals surface area contributed by atoms with Crippen LogP contribution in [-0.4, -0.2) is 49.5 Å². The monoisotopic (exact) mass is 333 g/mol. The van der Waals surface area contributed by atoms with Crippen LogP contribution in [0.5, 0.6) is 5.75 Å². The second kappa shape index (κ2) is 8.68. The highest BCUT2D eigenvalue weighted by Gasteiger charge is 2.23. The summed E-state index contributed by atoms with van der Waals surface area (Å²) in [5.41, 5.74) is 7.51. The van der Waals surface area contributed by atoms with Gasteiger partial charge in [-0.15, -0.1) is 0 Å². The molecular formula is C18H27N3O3. The van der Waals surface area contributed by atoms with Gasteiger partial charge in [0.15, 0.2) is 0 Å². The van der Waals surface area contributed by atoms with Crippen molar-refractivity contribution >= 4 is 11.8 Å². The first-order chi connectivity index (χ1) is 11.5. The molecule has 0 saturated carbocycles. The molecule has 1 fully saturated rings. The normalized spacial score (nSPS) is 15.9. The van der Waals surface area contributed by atoms with Gasteiger partial charge in [0.25, 0.3) is 0 Å². The number of nitrogens with two attached hydrogens (primary N) is 1. The summed E-state index contributed by atoms with van der Waals surface area (Å²) in [6.45, 7) is 6.77. The lowest BCUT2D eigenvalue weighted by atomic mass is 9.96. The van der Waals surface area contributed by atoms with E-state index in [-0.39, 0.29) is 17.7 Å². The van der Waals surface area contributed by atoms with Gasteiger partial charge < -0.3 is 15.8 Å². The Morgan fingerprint density at radius 2 is 1.88 bits per heavy atom. The van der Waals surface area contributed by atoms with Gasteiger partial charge in [0.1, 0.15) is 12.4 Å². The van der Waals surface area contributed by atoms with Crippen LogP contribution in [0.25, 0.3) is 0 Å². The van der Waals surface area contributed by atoms with E-state index >= 15 is 0 Å². The lowest BCUT2D eigenvalue weighted by molar-refractivity contribution is -0.124. The Hall–Kier alpha value is -2.08. The number of carbonyl (C=O) groups excluding carboxylic acids is 2. The highest BCUT2D eigenvalue weighted by molar-refractivity contribution is 5.78. The first-order valence-corrected chi connectivity index (χ1v) is 8.44. The first-order valence-electron chi connectivity index (χ1n) is 8.44. The number of nitrogens with one attached hydrogen (secondary N) is 1. The maximum Gasteiger partial charge on any atom is 0.234 e. The zero-order valence-corrected chi connectivity index (χ0v) is 14.5. The average molecular weight is 333 g/mol. The van der Waals surface area contributed by atoms with E-state index in [0.29, 0.717) is 19.7 Å². The van der Waals surface area contributed by atoms with Crippen molar-refractivity contribution < 1.29 is 14.3 Å². The molecule has 0 bridgehead atoms. The lowest BCUT2D eigenvalue weighted by Crippen LogP contribution is -2.44. The van der Waals surface area contributed by atoms with Crippen molar-refractivity contribution in [3.05, 3.63) is 29.3 Å². The topological polar surface area (TPSA) is 84.7 Å². The van der Waals surface area contributed by atoms with Gasteiger partial charge in [-0.3, -0.25) is 14.5 Å². The standard InChI is InChI=1S/C18H27N3O3/c1-13-4-3-5-14(2)17(13)24-11-8-20-16(22)12-21-9-6-15(7-10-21)18(19)23/h3-5,15H,6-12H2,1-2H3,(H2,19,23)(H,20,22). The molecule has 24 heavy (non-hydrogen) atoms. The van der Waals surface area contributed by atoms with Gasteiger partial charge in [0.2, 0.25) is 11.8 Å². The Balaban J connectivity index is 1.65. The van der Waals surface area contributed by atoms with Gasteiger partial charge in [-0.1, -0.05) is 18.2 Å². The van der Waals surface area contributed by atoms with Gasteiger partial charge in [-0.2, -0.15) is 0 Å². The summed E-state index contributed by atoms with van der Waals surface area (Å²) < 4.78 is 5.77. The van der Waals surface area contributed by atoms with Crippen LogP contribution in [0.2, 0.25) is 0 Å². The smallest absolute Gasteiger partial charge is 0.234 e. The number of piperidine rings is 1. The second-order valence-corrected chi connectivity index (χ2v) is 6.37. The zero-order valence-electron chi connectivity index (χ0n) is 14.5. The average Bonchev–Trinajstić information content (AvgIpc) is 2.54. The van der Waals surface area contributed by atoms with Crippen LogP contribution in [-0.2, 0) is 9.59 Å². The van der Waals surface area contributed by atoms with Crippen molar-refractivity contribution in [2.24, 2.45) is 11.7 Å². The molecule has 1 aromatic rings. The Kier molecular flexibility index (Phi) is 6.61. The molecule has 0 atom stereocenters. The number of para-hydroxylation sites is 1. The molecule has 2 amide bonds. The summed E-state index contributed by atoms with van der Waals surface area (Å²) in [7, 11) is 0. The minimum atomic E-state index is -0.234. The summed E-state index contributed by atoms with van der Waals surface area (Å²) in [6, 6.07) is 6.02. The van der Waals surface area contributed by atoms with E-state index in [1.807, 2.05) is 32.0 Å². The van der Waals surface area contributed by atoms with Gasteiger partial charge in [-0.05, 0) is 50.9 Å². The van der Waals surface area contributed by atoms with E-state index in [1.54, 1.807) is 0 Å². The number of carbonyl (C=O) groups is 2. The molecule has 0 radical (unpaired) electrons.